The molecular weight excluding hydrogens is 189 g/mol. The van der Waals surface area contributed by atoms with Gasteiger partial charge in [-0.15, -0.1) is 0 Å². The first kappa shape index (κ1) is 10.1. The molecule has 0 bridgehead atoms. The van der Waals surface area contributed by atoms with E-state index in [-0.39, 0.29) is 11.7 Å². The average Bonchev–Trinajstić information content (AvgIpc) is 2.28. The largest absolute Gasteiger partial charge is 0.330 e. The predicted molar refractivity (Wildman–Crippen MR) is 61.4 cm³/mol. The van der Waals surface area contributed by atoms with Gasteiger partial charge in [-0.2, -0.15) is 0 Å². The Labute approximate surface area is 88.7 Å². The molecule has 1 atom stereocenters. The molecule has 0 fully saturated rings. The smallest absolute Gasteiger partial charge is 0.131 e. The molecule has 2 aromatic rings. The number of halogens is 1. The predicted octanol–water partition coefficient (Wildman–Crippen LogP) is 3.04. The summed E-state index contributed by atoms with van der Waals surface area (Å²) >= 11 is 0. The quantitative estimate of drug-likeness (QED) is 0.797. The van der Waals surface area contributed by atoms with Crippen LogP contribution in [-0.2, 0) is 0 Å². The second-order valence-electron chi connectivity index (χ2n) is 3.82. The molecule has 2 aromatic carbocycles. The molecule has 0 spiro atoms. The van der Waals surface area contributed by atoms with Gasteiger partial charge in [-0.1, -0.05) is 37.3 Å². The molecule has 0 aliphatic rings. The average molecular weight is 203 g/mol. The van der Waals surface area contributed by atoms with Crippen molar-refractivity contribution in [3.05, 3.63) is 47.8 Å². The third-order valence-electron chi connectivity index (χ3n) is 2.79. The number of fused-ring (bicyclic) bond motifs is 1. The summed E-state index contributed by atoms with van der Waals surface area (Å²) in [6.45, 7) is 2.63. The van der Waals surface area contributed by atoms with Gasteiger partial charge < -0.3 is 5.73 Å². The SMILES string of the molecule is CC(CN)c1cccc2c(F)cccc12. The Morgan fingerprint density at radius 2 is 1.80 bits per heavy atom. The van der Waals surface area contributed by atoms with Crippen LogP contribution >= 0.6 is 0 Å². The highest BCUT2D eigenvalue weighted by molar-refractivity contribution is 5.86. The van der Waals surface area contributed by atoms with E-state index in [0.717, 1.165) is 10.9 Å². The van der Waals surface area contributed by atoms with Crippen LogP contribution in [0.25, 0.3) is 10.8 Å². The lowest BCUT2D eigenvalue weighted by molar-refractivity contribution is 0.639. The summed E-state index contributed by atoms with van der Waals surface area (Å²) in [5.74, 6) is 0.0917. The molecule has 0 aliphatic heterocycles. The first-order valence-corrected chi connectivity index (χ1v) is 5.11. The first-order chi connectivity index (χ1) is 7.24. The van der Waals surface area contributed by atoms with Gasteiger partial charge in [0, 0.05) is 5.39 Å². The van der Waals surface area contributed by atoms with Crippen LogP contribution in [0.1, 0.15) is 18.4 Å². The minimum atomic E-state index is -0.168. The Hall–Kier alpha value is -1.41. The number of benzene rings is 2. The van der Waals surface area contributed by atoms with Gasteiger partial charge in [0.15, 0.2) is 0 Å². The van der Waals surface area contributed by atoms with E-state index >= 15 is 0 Å². The van der Waals surface area contributed by atoms with Crippen molar-refractivity contribution in [2.45, 2.75) is 12.8 Å². The highest BCUT2D eigenvalue weighted by Crippen LogP contribution is 2.26. The van der Waals surface area contributed by atoms with E-state index in [9.17, 15) is 4.39 Å². The molecule has 2 N–H and O–H groups in total. The van der Waals surface area contributed by atoms with Crippen LogP contribution in [0, 0.1) is 5.82 Å². The number of hydrogen-bond donors (Lipinski definition) is 1. The summed E-state index contributed by atoms with van der Waals surface area (Å²) < 4.78 is 13.5. The topological polar surface area (TPSA) is 26.0 Å². The fourth-order valence-electron chi connectivity index (χ4n) is 1.85. The van der Waals surface area contributed by atoms with E-state index in [1.54, 1.807) is 12.1 Å². The Kier molecular flexibility index (Phi) is 2.69. The maximum absolute atomic E-state index is 13.5. The van der Waals surface area contributed by atoms with Gasteiger partial charge in [-0.3, -0.25) is 0 Å². The summed E-state index contributed by atoms with van der Waals surface area (Å²) in [4.78, 5) is 0. The van der Waals surface area contributed by atoms with Crippen LogP contribution in [0.3, 0.4) is 0 Å². The van der Waals surface area contributed by atoms with Gasteiger partial charge in [-0.25, -0.2) is 4.39 Å². The van der Waals surface area contributed by atoms with E-state index in [2.05, 4.69) is 6.92 Å². The Morgan fingerprint density at radius 1 is 1.13 bits per heavy atom. The van der Waals surface area contributed by atoms with Crippen LogP contribution in [-0.4, -0.2) is 6.54 Å². The second kappa shape index (κ2) is 3.99. The molecule has 0 aromatic heterocycles. The van der Waals surface area contributed by atoms with Gasteiger partial charge >= 0.3 is 0 Å². The van der Waals surface area contributed by atoms with Crippen molar-refractivity contribution in [3.63, 3.8) is 0 Å². The van der Waals surface area contributed by atoms with E-state index in [1.807, 2.05) is 18.2 Å². The normalized spacial score (nSPS) is 13.0. The van der Waals surface area contributed by atoms with Crippen molar-refractivity contribution in [1.82, 2.24) is 0 Å². The summed E-state index contributed by atoms with van der Waals surface area (Å²) in [5, 5.41) is 1.64. The lowest BCUT2D eigenvalue weighted by atomic mass is 9.95. The maximum Gasteiger partial charge on any atom is 0.131 e. The van der Waals surface area contributed by atoms with Crippen molar-refractivity contribution >= 4 is 10.8 Å². The fraction of sp³-hybridized carbons (Fsp3) is 0.231. The lowest BCUT2D eigenvalue weighted by Gasteiger charge is -2.12. The van der Waals surface area contributed by atoms with Crippen LogP contribution in [0.15, 0.2) is 36.4 Å². The molecule has 2 rings (SSSR count). The summed E-state index contributed by atoms with van der Waals surface area (Å²) in [6, 6.07) is 10.9. The molecular formula is C13H14FN. The highest BCUT2D eigenvalue weighted by Gasteiger charge is 2.08. The zero-order valence-electron chi connectivity index (χ0n) is 8.70. The molecule has 0 saturated carbocycles. The van der Waals surface area contributed by atoms with E-state index in [1.165, 1.54) is 6.07 Å². The zero-order chi connectivity index (χ0) is 10.8. The standard InChI is InChI=1S/C13H14FN/c1-9(8-15)10-4-2-6-12-11(10)5-3-7-13(12)14/h2-7,9H,8,15H2,1H3. The molecule has 2 heteroatoms. The van der Waals surface area contributed by atoms with Gasteiger partial charge in [0.2, 0.25) is 0 Å². The van der Waals surface area contributed by atoms with E-state index in [4.69, 9.17) is 5.73 Å². The number of nitrogens with two attached hydrogens (primary N) is 1. The van der Waals surface area contributed by atoms with Crippen LogP contribution in [0.4, 0.5) is 4.39 Å². The Bertz CT molecular complexity index is 479. The third kappa shape index (κ3) is 1.73. The molecule has 15 heavy (non-hydrogen) atoms. The minimum absolute atomic E-state index is 0.168. The monoisotopic (exact) mass is 203 g/mol. The molecule has 0 heterocycles. The van der Waals surface area contributed by atoms with Crippen LogP contribution in [0.5, 0.6) is 0 Å². The lowest BCUT2D eigenvalue weighted by Crippen LogP contribution is -2.09. The molecule has 78 valence electrons. The minimum Gasteiger partial charge on any atom is -0.330 e. The summed E-state index contributed by atoms with van der Waals surface area (Å²) in [6.07, 6.45) is 0. The third-order valence-corrected chi connectivity index (χ3v) is 2.79. The van der Waals surface area contributed by atoms with Gasteiger partial charge in [0.25, 0.3) is 0 Å². The number of hydrogen-bond acceptors (Lipinski definition) is 1. The Balaban J connectivity index is 2.71. The molecule has 0 amide bonds. The fourth-order valence-corrected chi connectivity index (χ4v) is 1.85. The summed E-state index contributed by atoms with van der Waals surface area (Å²) in [5.41, 5.74) is 6.76. The molecule has 1 nitrogen and oxygen atoms in total. The van der Waals surface area contributed by atoms with Crippen molar-refractivity contribution in [2.24, 2.45) is 5.73 Å². The number of rotatable bonds is 2. The van der Waals surface area contributed by atoms with Gasteiger partial charge in [-0.05, 0) is 29.5 Å². The van der Waals surface area contributed by atoms with Crippen LogP contribution < -0.4 is 5.73 Å². The van der Waals surface area contributed by atoms with Crippen molar-refractivity contribution in [1.29, 1.82) is 0 Å². The zero-order valence-corrected chi connectivity index (χ0v) is 8.70. The van der Waals surface area contributed by atoms with E-state index in [0.29, 0.717) is 11.9 Å². The van der Waals surface area contributed by atoms with Gasteiger partial charge in [0.1, 0.15) is 5.82 Å². The molecule has 1 unspecified atom stereocenters. The van der Waals surface area contributed by atoms with Crippen molar-refractivity contribution in [2.75, 3.05) is 6.54 Å². The highest BCUT2D eigenvalue weighted by atomic mass is 19.1. The molecule has 0 radical (unpaired) electrons. The van der Waals surface area contributed by atoms with Crippen molar-refractivity contribution < 1.29 is 4.39 Å². The first-order valence-electron chi connectivity index (χ1n) is 5.11. The van der Waals surface area contributed by atoms with Crippen LogP contribution in [0.2, 0.25) is 0 Å². The van der Waals surface area contributed by atoms with E-state index < -0.39 is 0 Å². The van der Waals surface area contributed by atoms with Crippen molar-refractivity contribution in [3.8, 4) is 0 Å². The molecule has 0 aliphatic carbocycles. The second-order valence-corrected chi connectivity index (χ2v) is 3.82. The molecule has 0 saturated heterocycles. The van der Waals surface area contributed by atoms with Gasteiger partial charge in [0.05, 0.1) is 0 Å². The Morgan fingerprint density at radius 3 is 2.53 bits per heavy atom. The summed E-state index contributed by atoms with van der Waals surface area (Å²) in [7, 11) is 0. The maximum atomic E-state index is 13.5.